The first-order chi connectivity index (χ1) is 7.71. The molecule has 1 rings (SSSR count). The minimum absolute atomic E-state index is 0.432. The number of alkyl halides is 3. The first-order valence-electron chi connectivity index (χ1n) is 4.04. The largest absolute Gasteiger partial charge is 0.471 e. The molecule has 0 heterocycles. The number of carbonyl (C=O) groups is 1. The molecule has 0 unspecified atom stereocenters. The van der Waals surface area contributed by atoms with Crippen LogP contribution in [0.3, 0.4) is 0 Å². The molecule has 0 spiro atoms. The third kappa shape index (κ3) is 3.13. The molecule has 1 N–H and O–H groups in total. The van der Waals surface area contributed by atoms with Gasteiger partial charge in [0.25, 0.3) is 0 Å². The monoisotopic (exact) mass is 252 g/mol. The average molecular weight is 252 g/mol. The summed E-state index contributed by atoms with van der Waals surface area (Å²) in [4.78, 5) is 19.6. The number of hydrogen-bond donors (Lipinski definition) is 1. The SMILES string of the molecule is O=C(Nc1ccc([N+](=O)[O-])c(F)c1)C(F)(F)F. The van der Waals surface area contributed by atoms with E-state index in [2.05, 4.69) is 0 Å². The van der Waals surface area contributed by atoms with Crippen LogP contribution in [0.2, 0.25) is 0 Å². The summed E-state index contributed by atoms with van der Waals surface area (Å²) in [6.45, 7) is 0. The van der Waals surface area contributed by atoms with Crippen molar-refractivity contribution in [1.29, 1.82) is 0 Å². The molecule has 0 saturated carbocycles. The minimum atomic E-state index is -5.11. The van der Waals surface area contributed by atoms with E-state index in [-0.39, 0.29) is 0 Å². The van der Waals surface area contributed by atoms with Crippen LogP contribution >= 0.6 is 0 Å². The Bertz CT molecular complexity index is 472. The molecule has 0 saturated heterocycles. The summed E-state index contributed by atoms with van der Waals surface area (Å²) in [6, 6.07) is 1.88. The lowest BCUT2D eigenvalue weighted by Gasteiger charge is -2.07. The zero-order valence-corrected chi connectivity index (χ0v) is 7.92. The number of nitrogens with zero attached hydrogens (tertiary/aromatic N) is 1. The van der Waals surface area contributed by atoms with Crippen LogP contribution < -0.4 is 5.32 Å². The van der Waals surface area contributed by atoms with Crippen molar-refractivity contribution in [2.75, 3.05) is 5.32 Å². The highest BCUT2D eigenvalue weighted by atomic mass is 19.4. The van der Waals surface area contributed by atoms with E-state index in [9.17, 15) is 32.5 Å². The molecule has 9 heteroatoms. The average Bonchev–Trinajstić information content (AvgIpc) is 2.15. The number of hydrogen-bond acceptors (Lipinski definition) is 3. The molecule has 0 bridgehead atoms. The van der Waals surface area contributed by atoms with E-state index in [0.29, 0.717) is 12.1 Å². The Kier molecular flexibility index (Phi) is 3.30. The summed E-state index contributed by atoms with van der Waals surface area (Å²) >= 11 is 0. The van der Waals surface area contributed by atoms with Crippen LogP contribution in [0.5, 0.6) is 0 Å². The van der Waals surface area contributed by atoms with Crippen molar-refractivity contribution in [3.8, 4) is 0 Å². The molecular formula is C8H4F4N2O3. The van der Waals surface area contributed by atoms with Crippen LogP contribution in [0.1, 0.15) is 0 Å². The van der Waals surface area contributed by atoms with E-state index >= 15 is 0 Å². The second-order valence-electron chi connectivity index (χ2n) is 2.88. The van der Waals surface area contributed by atoms with Crippen molar-refractivity contribution < 1.29 is 27.3 Å². The molecule has 0 aromatic heterocycles. The number of benzene rings is 1. The maximum Gasteiger partial charge on any atom is 0.471 e. The Hall–Kier alpha value is -2.19. The van der Waals surface area contributed by atoms with Gasteiger partial charge >= 0.3 is 17.8 Å². The number of nitrogens with one attached hydrogen (secondary N) is 1. The summed E-state index contributed by atoms with van der Waals surface area (Å²) in [6.07, 6.45) is -5.11. The van der Waals surface area contributed by atoms with Gasteiger partial charge in [-0.3, -0.25) is 14.9 Å². The van der Waals surface area contributed by atoms with E-state index in [1.807, 2.05) is 0 Å². The first-order valence-corrected chi connectivity index (χ1v) is 4.04. The fourth-order valence-corrected chi connectivity index (χ4v) is 0.935. The topological polar surface area (TPSA) is 72.2 Å². The number of nitro benzene ring substituents is 1. The van der Waals surface area contributed by atoms with Gasteiger partial charge in [-0.1, -0.05) is 0 Å². The molecule has 92 valence electrons. The summed E-state index contributed by atoms with van der Waals surface area (Å²) in [7, 11) is 0. The van der Waals surface area contributed by atoms with Crippen LogP contribution in [-0.4, -0.2) is 17.0 Å². The maximum absolute atomic E-state index is 13.0. The van der Waals surface area contributed by atoms with Crippen LogP contribution in [0.25, 0.3) is 0 Å². The van der Waals surface area contributed by atoms with Gasteiger partial charge in [0.15, 0.2) is 0 Å². The van der Waals surface area contributed by atoms with E-state index in [1.54, 1.807) is 0 Å². The maximum atomic E-state index is 13.0. The van der Waals surface area contributed by atoms with Crippen molar-refractivity contribution >= 4 is 17.3 Å². The van der Waals surface area contributed by atoms with Crippen molar-refractivity contribution in [2.45, 2.75) is 6.18 Å². The van der Waals surface area contributed by atoms with Gasteiger partial charge in [-0.05, 0) is 6.07 Å². The van der Waals surface area contributed by atoms with Gasteiger partial charge in [0, 0.05) is 17.8 Å². The second-order valence-corrected chi connectivity index (χ2v) is 2.88. The highest BCUT2D eigenvalue weighted by Gasteiger charge is 2.38. The molecule has 1 aromatic carbocycles. The van der Waals surface area contributed by atoms with Gasteiger partial charge in [0.05, 0.1) is 4.92 Å². The van der Waals surface area contributed by atoms with E-state index < -0.39 is 34.2 Å². The number of halogens is 4. The van der Waals surface area contributed by atoms with Crippen molar-refractivity contribution in [3.63, 3.8) is 0 Å². The van der Waals surface area contributed by atoms with Crippen LogP contribution in [0.15, 0.2) is 18.2 Å². The number of amides is 1. The zero-order chi connectivity index (χ0) is 13.2. The van der Waals surface area contributed by atoms with Crippen LogP contribution in [-0.2, 0) is 4.79 Å². The van der Waals surface area contributed by atoms with Gasteiger partial charge in [0.1, 0.15) is 0 Å². The fourth-order valence-electron chi connectivity index (χ4n) is 0.935. The molecule has 17 heavy (non-hydrogen) atoms. The molecule has 0 aliphatic rings. The predicted octanol–water partition coefficient (Wildman–Crippen LogP) is 2.23. The Morgan fingerprint density at radius 1 is 1.35 bits per heavy atom. The Labute approximate surface area is 91.2 Å². The summed E-state index contributed by atoms with van der Waals surface area (Å²) in [5.41, 5.74) is -1.41. The zero-order valence-electron chi connectivity index (χ0n) is 7.92. The predicted molar refractivity (Wildman–Crippen MR) is 47.7 cm³/mol. The number of anilines is 1. The quantitative estimate of drug-likeness (QED) is 0.498. The highest BCUT2D eigenvalue weighted by molar-refractivity contribution is 5.94. The normalized spacial score (nSPS) is 11.1. The number of rotatable bonds is 2. The van der Waals surface area contributed by atoms with Crippen LogP contribution in [0, 0.1) is 15.9 Å². The van der Waals surface area contributed by atoms with Gasteiger partial charge in [-0.25, -0.2) is 0 Å². The van der Waals surface area contributed by atoms with Gasteiger partial charge < -0.3 is 5.32 Å². The molecule has 0 atom stereocenters. The number of carbonyl (C=O) groups excluding carboxylic acids is 1. The smallest absolute Gasteiger partial charge is 0.318 e. The third-order valence-corrected chi connectivity index (χ3v) is 1.66. The molecule has 0 radical (unpaired) electrons. The summed E-state index contributed by atoms with van der Waals surface area (Å²) in [5, 5.41) is 11.6. The van der Waals surface area contributed by atoms with Gasteiger partial charge in [-0.15, -0.1) is 0 Å². The summed E-state index contributed by atoms with van der Waals surface area (Å²) < 4.78 is 48.5. The fraction of sp³-hybridized carbons (Fsp3) is 0.125. The molecular weight excluding hydrogens is 248 g/mol. The van der Waals surface area contributed by atoms with E-state index in [1.165, 1.54) is 5.32 Å². The molecule has 0 aliphatic carbocycles. The highest BCUT2D eigenvalue weighted by Crippen LogP contribution is 2.23. The molecule has 0 fully saturated rings. The van der Waals surface area contributed by atoms with Crippen molar-refractivity contribution in [3.05, 3.63) is 34.1 Å². The van der Waals surface area contributed by atoms with Gasteiger partial charge in [-0.2, -0.15) is 17.6 Å². The van der Waals surface area contributed by atoms with Crippen molar-refractivity contribution in [2.24, 2.45) is 0 Å². The molecule has 5 nitrogen and oxygen atoms in total. The lowest BCUT2D eigenvalue weighted by molar-refractivity contribution is -0.387. The standard InChI is InChI=1S/C8H4F4N2O3/c9-5-3-4(1-2-6(5)14(16)17)13-7(15)8(10,11)12/h1-3H,(H,13,15). The van der Waals surface area contributed by atoms with Crippen LogP contribution in [0.4, 0.5) is 28.9 Å². The minimum Gasteiger partial charge on any atom is -0.318 e. The Morgan fingerprint density at radius 2 is 1.94 bits per heavy atom. The molecule has 0 aliphatic heterocycles. The van der Waals surface area contributed by atoms with Gasteiger partial charge in [0.2, 0.25) is 5.82 Å². The lowest BCUT2D eigenvalue weighted by Crippen LogP contribution is -2.29. The van der Waals surface area contributed by atoms with E-state index in [4.69, 9.17) is 0 Å². The lowest BCUT2D eigenvalue weighted by atomic mass is 10.2. The second kappa shape index (κ2) is 4.36. The molecule has 1 amide bonds. The third-order valence-electron chi connectivity index (χ3n) is 1.66. The van der Waals surface area contributed by atoms with Crippen molar-refractivity contribution in [1.82, 2.24) is 0 Å². The Morgan fingerprint density at radius 3 is 2.35 bits per heavy atom. The first kappa shape index (κ1) is 12.9. The number of nitro groups is 1. The Balaban J connectivity index is 2.92. The molecule has 1 aromatic rings. The summed E-state index contributed by atoms with van der Waals surface area (Å²) in [5.74, 6) is -3.62. The van der Waals surface area contributed by atoms with E-state index in [0.717, 1.165) is 6.07 Å².